The van der Waals surface area contributed by atoms with E-state index in [2.05, 4.69) is 4.98 Å². The third-order valence-corrected chi connectivity index (χ3v) is 9.15. The Morgan fingerprint density at radius 1 is 1.10 bits per heavy atom. The predicted octanol–water partition coefficient (Wildman–Crippen LogP) is 5.09. The predicted molar refractivity (Wildman–Crippen MR) is 146 cm³/mol. The molecule has 2 saturated carbocycles. The maximum atomic E-state index is 15.1. The molecule has 0 bridgehead atoms. The minimum Gasteiger partial charge on any atom is -0.490 e. The number of aromatic nitrogens is 1. The van der Waals surface area contributed by atoms with Crippen LogP contribution in [0.3, 0.4) is 0 Å². The van der Waals surface area contributed by atoms with E-state index in [1.54, 1.807) is 19.2 Å². The molecule has 3 aromatic rings. The number of halogens is 2. The molecule has 7 nitrogen and oxygen atoms in total. The number of aryl methyl sites for hydroxylation is 2. The summed E-state index contributed by atoms with van der Waals surface area (Å²) in [6.07, 6.45) is 3.50. The molecule has 0 saturated heterocycles. The van der Waals surface area contributed by atoms with Gasteiger partial charge in [0.2, 0.25) is 5.88 Å². The standard InChI is InChI=1S/C32H33F2NO6/c1-15-4-20(41-21-9-19(10-21)32(3,39)14-36)5-16(2)28(15)22-7-18(25(33)11-26(22)34)13-40-27-8-17-6-23-29(24(17)12-35-27)30(23)31(37)38/h4-5,7-8,11-12,19,21,23,29-30,36,39H,6,9-10,13-14H2,1-3H3,(H,37,38)/t19?,21?,23-,29-,30+,32+/m1/s1. The van der Waals surface area contributed by atoms with Crippen molar-refractivity contribution in [3.63, 3.8) is 0 Å². The van der Waals surface area contributed by atoms with Gasteiger partial charge in [0.15, 0.2) is 0 Å². The molecule has 3 aliphatic carbocycles. The summed E-state index contributed by atoms with van der Waals surface area (Å²) in [5.74, 6) is -1.47. The van der Waals surface area contributed by atoms with E-state index in [1.807, 2.05) is 26.0 Å². The van der Waals surface area contributed by atoms with Crippen LogP contribution in [0.5, 0.6) is 11.6 Å². The Bertz CT molecular complexity index is 1510. The topological polar surface area (TPSA) is 109 Å². The Balaban J connectivity index is 1.16. The SMILES string of the molecule is Cc1cc(OC2CC([C@@](C)(O)CO)C2)cc(C)c1-c1cc(COc2cc3c(cn2)[C@H]2[C@@H](C3)[C@@H]2C(=O)O)c(F)cc1F. The Kier molecular flexibility index (Phi) is 6.77. The minimum atomic E-state index is -1.13. The van der Waals surface area contributed by atoms with Crippen LogP contribution in [0.25, 0.3) is 11.1 Å². The van der Waals surface area contributed by atoms with Gasteiger partial charge in [-0.3, -0.25) is 4.79 Å². The Morgan fingerprint density at radius 2 is 1.80 bits per heavy atom. The average Bonchev–Trinajstić information content (AvgIpc) is 3.48. The monoisotopic (exact) mass is 565 g/mol. The van der Waals surface area contributed by atoms with Crippen molar-refractivity contribution >= 4 is 5.97 Å². The zero-order chi connectivity index (χ0) is 29.2. The Hall–Kier alpha value is -3.56. The molecule has 0 spiro atoms. The molecule has 0 unspecified atom stereocenters. The van der Waals surface area contributed by atoms with Crippen LogP contribution in [0.4, 0.5) is 8.78 Å². The molecule has 41 heavy (non-hydrogen) atoms. The number of ether oxygens (including phenoxy) is 2. The molecule has 3 aliphatic rings. The second-order valence-electron chi connectivity index (χ2n) is 12.0. The molecule has 2 fully saturated rings. The van der Waals surface area contributed by atoms with Gasteiger partial charge in [-0.1, -0.05) is 0 Å². The molecule has 2 aromatic carbocycles. The van der Waals surface area contributed by atoms with Gasteiger partial charge in [-0.05, 0) is 97.9 Å². The molecule has 4 atom stereocenters. The summed E-state index contributed by atoms with van der Waals surface area (Å²) in [5, 5.41) is 28.9. The van der Waals surface area contributed by atoms with Crippen molar-refractivity contribution in [2.24, 2.45) is 17.8 Å². The van der Waals surface area contributed by atoms with Crippen LogP contribution >= 0.6 is 0 Å². The number of hydrogen-bond donors (Lipinski definition) is 3. The van der Waals surface area contributed by atoms with Crippen molar-refractivity contribution in [1.82, 2.24) is 4.98 Å². The number of aliphatic carboxylic acids is 1. The lowest BCUT2D eigenvalue weighted by Gasteiger charge is -2.43. The number of carboxylic acid groups (broad SMARTS) is 1. The van der Waals surface area contributed by atoms with Crippen LogP contribution in [-0.4, -0.2) is 44.6 Å². The first-order chi connectivity index (χ1) is 19.5. The Labute approximate surface area is 236 Å². The van der Waals surface area contributed by atoms with Crippen molar-refractivity contribution in [2.45, 2.75) is 64.3 Å². The first-order valence-corrected chi connectivity index (χ1v) is 13.9. The van der Waals surface area contributed by atoms with Crippen LogP contribution in [0, 0.1) is 43.2 Å². The van der Waals surface area contributed by atoms with Crippen LogP contribution in [0.15, 0.2) is 36.5 Å². The lowest BCUT2D eigenvalue weighted by Crippen LogP contribution is -2.49. The maximum Gasteiger partial charge on any atom is 0.307 e. The zero-order valence-electron chi connectivity index (χ0n) is 23.2. The summed E-state index contributed by atoms with van der Waals surface area (Å²) < 4.78 is 41.7. The number of carboxylic acids is 1. The zero-order valence-corrected chi connectivity index (χ0v) is 23.2. The summed E-state index contributed by atoms with van der Waals surface area (Å²) in [7, 11) is 0. The van der Waals surface area contributed by atoms with E-state index < -0.39 is 23.2 Å². The number of rotatable bonds is 9. The number of pyridine rings is 1. The van der Waals surface area contributed by atoms with Crippen molar-refractivity contribution in [2.75, 3.05) is 6.61 Å². The minimum absolute atomic E-state index is 0.0117. The average molecular weight is 566 g/mol. The van der Waals surface area contributed by atoms with E-state index in [4.69, 9.17) is 9.47 Å². The molecule has 6 rings (SSSR count). The van der Waals surface area contributed by atoms with Gasteiger partial charge >= 0.3 is 5.97 Å². The molecule has 3 N–H and O–H groups in total. The normalized spacial score (nSPS) is 25.5. The van der Waals surface area contributed by atoms with Gasteiger partial charge in [-0.25, -0.2) is 13.8 Å². The molecule has 9 heteroatoms. The number of carbonyl (C=O) groups is 1. The van der Waals surface area contributed by atoms with Gasteiger partial charge in [0.25, 0.3) is 0 Å². The van der Waals surface area contributed by atoms with Gasteiger partial charge in [-0.15, -0.1) is 0 Å². The molecule has 0 aliphatic heterocycles. The van der Waals surface area contributed by atoms with Gasteiger partial charge in [-0.2, -0.15) is 0 Å². The van der Waals surface area contributed by atoms with E-state index >= 15 is 4.39 Å². The number of hydrogen-bond acceptors (Lipinski definition) is 6. The van der Waals surface area contributed by atoms with Crippen molar-refractivity contribution in [3.05, 3.63) is 76.0 Å². The third-order valence-electron chi connectivity index (χ3n) is 9.15. The second kappa shape index (κ2) is 10.1. The molecular formula is C32H33F2NO6. The van der Waals surface area contributed by atoms with Crippen molar-refractivity contribution < 1.29 is 38.4 Å². The fourth-order valence-electron chi connectivity index (χ4n) is 6.64. The highest BCUT2D eigenvalue weighted by Gasteiger charge is 2.60. The largest absolute Gasteiger partial charge is 0.490 e. The number of fused-ring (bicyclic) bond motifs is 3. The van der Waals surface area contributed by atoms with Gasteiger partial charge in [0.05, 0.1) is 24.2 Å². The molecule has 1 aromatic heterocycles. The first kappa shape index (κ1) is 27.6. The lowest BCUT2D eigenvalue weighted by molar-refractivity contribution is -0.139. The molecule has 0 radical (unpaired) electrons. The molecule has 1 heterocycles. The lowest BCUT2D eigenvalue weighted by atomic mass is 9.72. The smallest absolute Gasteiger partial charge is 0.307 e. The number of aliphatic hydroxyl groups is 2. The molecule has 0 amide bonds. The van der Waals surface area contributed by atoms with Crippen molar-refractivity contribution in [1.29, 1.82) is 0 Å². The van der Waals surface area contributed by atoms with Gasteiger partial charge in [0.1, 0.15) is 24.0 Å². The number of nitrogens with zero attached hydrogens (tertiary/aromatic N) is 1. The summed E-state index contributed by atoms with van der Waals surface area (Å²) >= 11 is 0. The summed E-state index contributed by atoms with van der Waals surface area (Å²) in [6.45, 7) is 4.88. The van der Waals surface area contributed by atoms with Gasteiger partial charge in [0, 0.05) is 35.4 Å². The van der Waals surface area contributed by atoms with Gasteiger partial charge < -0.3 is 24.8 Å². The maximum absolute atomic E-state index is 15.1. The Morgan fingerprint density at radius 3 is 2.46 bits per heavy atom. The highest BCUT2D eigenvalue weighted by molar-refractivity contribution is 5.78. The van der Waals surface area contributed by atoms with E-state index in [0.717, 1.165) is 28.3 Å². The summed E-state index contributed by atoms with van der Waals surface area (Å²) in [6, 6.07) is 7.77. The van der Waals surface area contributed by atoms with Crippen molar-refractivity contribution in [3.8, 4) is 22.8 Å². The van der Waals surface area contributed by atoms with Crippen LogP contribution in [-0.2, 0) is 17.8 Å². The highest BCUT2D eigenvalue weighted by Crippen LogP contribution is 2.61. The van der Waals surface area contributed by atoms with Crippen LogP contribution in [0.1, 0.15) is 53.5 Å². The van der Waals surface area contributed by atoms with E-state index in [1.165, 1.54) is 6.07 Å². The second-order valence-corrected chi connectivity index (χ2v) is 12.0. The fourth-order valence-corrected chi connectivity index (χ4v) is 6.64. The first-order valence-electron chi connectivity index (χ1n) is 13.9. The molecule has 216 valence electrons. The van der Waals surface area contributed by atoms with E-state index in [0.29, 0.717) is 36.5 Å². The number of aliphatic hydroxyl groups excluding tert-OH is 1. The molecular weight excluding hydrogens is 532 g/mol. The fraction of sp³-hybridized carbons (Fsp3) is 0.438. The van der Waals surface area contributed by atoms with E-state index in [-0.39, 0.29) is 54.1 Å². The van der Waals surface area contributed by atoms with E-state index in [9.17, 15) is 24.5 Å². The third kappa shape index (κ3) is 4.95. The number of benzene rings is 2. The quantitative estimate of drug-likeness (QED) is 0.332. The highest BCUT2D eigenvalue weighted by atomic mass is 19.1. The van der Waals surface area contributed by atoms with Crippen LogP contribution in [0.2, 0.25) is 0 Å². The summed E-state index contributed by atoms with van der Waals surface area (Å²) in [5.41, 5.74) is 3.46. The van der Waals surface area contributed by atoms with Crippen LogP contribution < -0.4 is 9.47 Å². The summed E-state index contributed by atoms with van der Waals surface area (Å²) in [4.78, 5) is 15.6.